The molecule has 0 spiro atoms. The van der Waals surface area contributed by atoms with Crippen molar-refractivity contribution in [3.63, 3.8) is 0 Å². The largest absolute Gasteiger partial charge is 0.339 e. The summed E-state index contributed by atoms with van der Waals surface area (Å²) in [6.45, 7) is 8.08. The van der Waals surface area contributed by atoms with Crippen LogP contribution in [0.25, 0.3) is 34.4 Å². The highest BCUT2D eigenvalue weighted by Gasteiger charge is 2.34. The fourth-order valence-corrected chi connectivity index (χ4v) is 11.1. The summed E-state index contributed by atoms with van der Waals surface area (Å²) in [4.78, 5) is 55.5. The zero-order chi connectivity index (χ0) is 47.4. The maximum absolute atomic E-state index is 13.4. The van der Waals surface area contributed by atoms with Gasteiger partial charge in [0.1, 0.15) is 0 Å². The summed E-state index contributed by atoms with van der Waals surface area (Å²) in [5, 5.41) is 24.8. The van der Waals surface area contributed by atoms with E-state index in [9.17, 15) is 55.8 Å². The van der Waals surface area contributed by atoms with Gasteiger partial charge in [-0.15, -0.1) is 0 Å². The summed E-state index contributed by atoms with van der Waals surface area (Å²) in [6.07, 6.45) is 5.67. The molecule has 0 aliphatic carbocycles. The third-order valence-electron chi connectivity index (χ3n) is 11.8. The second kappa shape index (κ2) is 20.2. The Hall–Kier alpha value is -5.73. The first kappa shape index (κ1) is 48.7. The van der Waals surface area contributed by atoms with E-state index in [1.165, 1.54) is 46.2 Å². The van der Waals surface area contributed by atoms with E-state index in [1.807, 2.05) is 52.0 Å². The first-order chi connectivity index (χ1) is 30.7. The molecule has 19 heteroatoms. The van der Waals surface area contributed by atoms with Crippen LogP contribution in [0.15, 0.2) is 94.7 Å². The third kappa shape index (κ3) is 11.2. The highest BCUT2D eigenvalue weighted by atomic mass is 32.2. The Bertz CT molecular complexity index is 2600. The Labute approximate surface area is 382 Å². The smallest absolute Gasteiger partial charge is 0.291 e. The fraction of sp³-hybridized carbons (Fsp3) is 0.348. The van der Waals surface area contributed by atoms with Gasteiger partial charge in [-0.25, -0.2) is 0 Å². The van der Waals surface area contributed by atoms with Crippen LogP contribution in [-0.2, 0) is 29.8 Å². The number of rotatable bonds is 14. The van der Waals surface area contributed by atoms with E-state index >= 15 is 0 Å². The van der Waals surface area contributed by atoms with E-state index in [0.717, 1.165) is 22.9 Å². The predicted molar refractivity (Wildman–Crippen MR) is 250 cm³/mol. The number of hydrogen-bond donors (Lipinski definition) is 2. The molecule has 0 bridgehead atoms. The van der Waals surface area contributed by atoms with E-state index in [2.05, 4.69) is 0 Å². The van der Waals surface area contributed by atoms with E-state index in [1.54, 1.807) is 36.4 Å². The minimum absolute atomic E-state index is 0.0516. The Morgan fingerprint density at radius 2 is 0.954 bits per heavy atom. The SMILES string of the molecule is CC(C)c1ccccc1-c1c(/C=C/C(=O)N2CCC(S(=O)(=O)O)CC2)ccc(Sc2ccc(/C=C/C(=O)N3CCC(S(=O)(=O)O)CC3)c(-c3ccccc3C(C)C)c2[N+](=O)[O-])c1[N+](=O)[O-]. The van der Waals surface area contributed by atoms with Gasteiger partial charge in [0.15, 0.2) is 0 Å². The molecule has 2 aliphatic heterocycles. The standard InChI is InChI=1S/C46H50N4O12S3/c1-29(2)35-9-5-7-11-37(35)43-31(15-19-41(51)47-25-21-33(22-26-47)64(57,58)59)13-17-39(45(43)49(53)54)63-40-18-14-32(16-20-42(52)48-27-23-34(24-28-48)65(60,61)62)44(46(40)50(55)56)38-12-8-6-10-36(38)30(3)4/h5-20,29-30,33-34H,21-28H2,1-4H3,(H,57,58,59)(H,60,61,62)/b19-15+,20-16+. The van der Waals surface area contributed by atoms with Crippen LogP contribution in [0.4, 0.5) is 11.4 Å². The number of nitrogens with zero attached hydrogens (tertiary/aromatic N) is 4. The van der Waals surface area contributed by atoms with E-state index < -0.39 is 52.4 Å². The number of nitro benzene ring substituents is 2. The first-order valence-electron chi connectivity index (χ1n) is 21.0. The van der Waals surface area contributed by atoms with Gasteiger partial charge in [-0.2, -0.15) is 16.8 Å². The molecule has 0 unspecified atom stereocenters. The summed E-state index contributed by atoms with van der Waals surface area (Å²) in [5.41, 5.74) is 2.91. The minimum atomic E-state index is -4.26. The lowest BCUT2D eigenvalue weighted by molar-refractivity contribution is -0.387. The Morgan fingerprint density at radius 1 is 0.615 bits per heavy atom. The van der Waals surface area contributed by atoms with E-state index in [-0.39, 0.29) is 96.0 Å². The zero-order valence-corrected chi connectivity index (χ0v) is 38.6. The van der Waals surface area contributed by atoms with Gasteiger partial charge in [0.25, 0.3) is 31.6 Å². The number of amides is 2. The van der Waals surface area contributed by atoms with Gasteiger partial charge in [-0.1, -0.05) is 100 Å². The van der Waals surface area contributed by atoms with Crippen molar-refractivity contribution in [1.82, 2.24) is 9.80 Å². The summed E-state index contributed by atoms with van der Waals surface area (Å²) >= 11 is 0.839. The highest BCUT2D eigenvalue weighted by Crippen LogP contribution is 2.50. The molecule has 4 aromatic rings. The van der Waals surface area contributed by atoms with Gasteiger partial charge in [0.2, 0.25) is 11.8 Å². The van der Waals surface area contributed by atoms with E-state index in [0.29, 0.717) is 22.3 Å². The maximum atomic E-state index is 13.4. The molecule has 4 aromatic carbocycles. The lowest BCUT2D eigenvalue weighted by Crippen LogP contribution is -2.41. The van der Waals surface area contributed by atoms with Crippen LogP contribution in [0.3, 0.4) is 0 Å². The van der Waals surface area contributed by atoms with Crippen LogP contribution in [0.5, 0.6) is 0 Å². The molecule has 2 aliphatic rings. The van der Waals surface area contributed by atoms with Crippen molar-refractivity contribution in [3.8, 4) is 22.3 Å². The topological polar surface area (TPSA) is 236 Å². The molecule has 0 aromatic heterocycles. The average Bonchev–Trinajstić information content (AvgIpc) is 3.26. The molecular weight excluding hydrogens is 897 g/mol. The van der Waals surface area contributed by atoms with Gasteiger partial charge in [-0.05, 0) is 95.2 Å². The van der Waals surface area contributed by atoms with Crippen LogP contribution in [0, 0.1) is 20.2 Å². The van der Waals surface area contributed by atoms with Crippen molar-refractivity contribution < 1.29 is 45.4 Å². The fourth-order valence-electron chi connectivity index (χ4n) is 8.40. The Balaban J connectivity index is 1.47. The molecule has 2 saturated heterocycles. The molecule has 2 amide bonds. The normalized spacial score (nSPS) is 15.7. The molecule has 2 N–H and O–H groups in total. The number of nitro groups is 2. The van der Waals surface area contributed by atoms with Gasteiger partial charge < -0.3 is 9.80 Å². The average molecular weight is 947 g/mol. The van der Waals surface area contributed by atoms with Crippen LogP contribution in [-0.4, -0.2) is 94.1 Å². The van der Waals surface area contributed by atoms with E-state index in [4.69, 9.17) is 0 Å². The second-order valence-electron chi connectivity index (χ2n) is 16.6. The number of benzene rings is 4. The highest BCUT2D eigenvalue weighted by molar-refractivity contribution is 7.99. The van der Waals surface area contributed by atoms with Gasteiger partial charge in [-0.3, -0.25) is 38.9 Å². The van der Waals surface area contributed by atoms with Crippen molar-refractivity contribution in [3.05, 3.63) is 127 Å². The number of carbonyl (C=O) groups excluding carboxylic acids is 2. The van der Waals surface area contributed by atoms with Crippen LogP contribution >= 0.6 is 11.8 Å². The molecule has 344 valence electrons. The molecule has 65 heavy (non-hydrogen) atoms. The van der Waals surface area contributed by atoms with Gasteiger partial charge in [0.05, 0.1) is 41.3 Å². The van der Waals surface area contributed by atoms with Crippen LogP contribution in [0.2, 0.25) is 0 Å². The molecule has 0 atom stereocenters. The Kier molecular flexibility index (Phi) is 15.1. The third-order valence-corrected chi connectivity index (χ3v) is 15.5. The lowest BCUT2D eigenvalue weighted by atomic mass is 9.89. The Morgan fingerprint density at radius 3 is 1.26 bits per heavy atom. The molecule has 2 heterocycles. The summed E-state index contributed by atoms with van der Waals surface area (Å²) in [5.74, 6) is -1.09. The summed E-state index contributed by atoms with van der Waals surface area (Å²) in [6, 6.07) is 20.5. The summed E-state index contributed by atoms with van der Waals surface area (Å²) in [7, 11) is -8.52. The summed E-state index contributed by atoms with van der Waals surface area (Å²) < 4.78 is 65.7. The number of piperidine rings is 2. The first-order valence-corrected chi connectivity index (χ1v) is 24.8. The number of likely N-dealkylation sites (tertiary alicyclic amines) is 2. The molecular formula is C46H50N4O12S3. The molecule has 2 fully saturated rings. The lowest BCUT2D eigenvalue weighted by Gasteiger charge is -2.29. The van der Waals surface area contributed by atoms with Crippen molar-refractivity contribution in [1.29, 1.82) is 0 Å². The zero-order valence-electron chi connectivity index (χ0n) is 36.2. The van der Waals surface area contributed by atoms with Crippen molar-refractivity contribution in [2.24, 2.45) is 0 Å². The van der Waals surface area contributed by atoms with Crippen molar-refractivity contribution >= 4 is 67.3 Å². The quantitative estimate of drug-likeness (QED) is 0.0520. The van der Waals surface area contributed by atoms with Crippen LogP contribution < -0.4 is 0 Å². The minimum Gasteiger partial charge on any atom is -0.339 e. The van der Waals surface area contributed by atoms with Crippen LogP contribution in [0.1, 0.15) is 87.5 Å². The van der Waals surface area contributed by atoms with Gasteiger partial charge in [0, 0.05) is 38.3 Å². The van der Waals surface area contributed by atoms with Gasteiger partial charge >= 0.3 is 0 Å². The molecule has 0 saturated carbocycles. The monoisotopic (exact) mass is 946 g/mol. The second-order valence-corrected chi connectivity index (χ2v) is 21.1. The van der Waals surface area contributed by atoms with Crippen molar-refractivity contribution in [2.75, 3.05) is 26.2 Å². The number of hydrogen-bond acceptors (Lipinski definition) is 11. The predicted octanol–water partition coefficient (Wildman–Crippen LogP) is 9.02. The molecule has 6 rings (SSSR count). The van der Waals surface area contributed by atoms with Crippen molar-refractivity contribution in [2.45, 2.75) is 85.5 Å². The maximum Gasteiger partial charge on any atom is 0.291 e. The molecule has 16 nitrogen and oxygen atoms in total. The number of carbonyl (C=O) groups is 2. The molecule has 0 radical (unpaired) electrons.